The van der Waals surface area contributed by atoms with E-state index in [-0.39, 0.29) is 6.04 Å². The average Bonchev–Trinajstić information content (AvgIpc) is 2.90. The van der Waals surface area contributed by atoms with E-state index < -0.39 is 0 Å². The zero-order valence-corrected chi connectivity index (χ0v) is 12.7. The second kappa shape index (κ2) is 5.01. The molecule has 1 N–H and O–H groups in total. The standard InChI is InChI=1S/C17H28N2O/c1-2-19-5-3-4-15(19)17(20)18-16-13-7-11-6-12(9-13)10-14(16)8-11/h11-16H,2-10H2,1H3,(H,18,20)/t11?,12?,13?,14?,15-,16?/m1/s1. The summed E-state index contributed by atoms with van der Waals surface area (Å²) < 4.78 is 0. The minimum Gasteiger partial charge on any atom is -0.351 e. The van der Waals surface area contributed by atoms with E-state index in [9.17, 15) is 4.79 Å². The van der Waals surface area contributed by atoms with Crippen LogP contribution in [-0.4, -0.2) is 36.0 Å². The van der Waals surface area contributed by atoms with Crippen LogP contribution >= 0.6 is 0 Å². The maximum atomic E-state index is 12.7. The van der Waals surface area contributed by atoms with Gasteiger partial charge in [-0.25, -0.2) is 0 Å². The van der Waals surface area contributed by atoms with Crippen LogP contribution in [0.5, 0.6) is 0 Å². The van der Waals surface area contributed by atoms with Crippen LogP contribution in [0.4, 0.5) is 0 Å². The lowest BCUT2D eigenvalue weighted by Crippen LogP contribution is -2.58. The highest BCUT2D eigenvalue weighted by atomic mass is 16.2. The van der Waals surface area contributed by atoms with Crippen molar-refractivity contribution in [1.29, 1.82) is 0 Å². The highest BCUT2D eigenvalue weighted by molar-refractivity contribution is 5.82. The van der Waals surface area contributed by atoms with Gasteiger partial charge in [-0.15, -0.1) is 0 Å². The molecule has 112 valence electrons. The summed E-state index contributed by atoms with van der Waals surface area (Å²) in [5, 5.41) is 3.49. The molecule has 0 spiro atoms. The molecule has 20 heavy (non-hydrogen) atoms. The van der Waals surface area contributed by atoms with E-state index in [0.29, 0.717) is 11.9 Å². The molecule has 0 unspecified atom stereocenters. The second-order valence-electron chi connectivity index (χ2n) is 7.75. The fourth-order valence-electron chi connectivity index (χ4n) is 5.92. The van der Waals surface area contributed by atoms with Crippen LogP contribution in [0.1, 0.15) is 51.9 Å². The summed E-state index contributed by atoms with van der Waals surface area (Å²) >= 11 is 0. The summed E-state index contributed by atoms with van der Waals surface area (Å²) in [7, 11) is 0. The van der Waals surface area contributed by atoms with Crippen LogP contribution in [0.3, 0.4) is 0 Å². The number of nitrogens with one attached hydrogen (secondary N) is 1. The molecule has 0 radical (unpaired) electrons. The fraction of sp³-hybridized carbons (Fsp3) is 0.941. The number of hydrogen-bond acceptors (Lipinski definition) is 2. The molecule has 4 bridgehead atoms. The summed E-state index contributed by atoms with van der Waals surface area (Å²) in [5.41, 5.74) is 0. The van der Waals surface area contributed by atoms with E-state index >= 15 is 0 Å². The third kappa shape index (κ3) is 2.09. The normalized spacial score (nSPS) is 46.9. The topological polar surface area (TPSA) is 32.3 Å². The SMILES string of the molecule is CCN1CCC[C@@H]1C(=O)NC1C2CC3CC(C2)CC1C3. The van der Waals surface area contributed by atoms with Gasteiger partial charge in [0.15, 0.2) is 0 Å². The molecular formula is C17H28N2O. The summed E-state index contributed by atoms with van der Waals surface area (Å²) in [5.74, 6) is 3.91. The van der Waals surface area contributed by atoms with Crippen LogP contribution in [0.2, 0.25) is 0 Å². The number of nitrogens with zero attached hydrogens (tertiary/aromatic N) is 1. The Morgan fingerprint density at radius 3 is 2.35 bits per heavy atom. The highest BCUT2D eigenvalue weighted by Gasteiger charge is 2.49. The Hall–Kier alpha value is -0.570. The molecule has 1 amide bonds. The Kier molecular flexibility index (Phi) is 3.29. The van der Waals surface area contributed by atoms with Gasteiger partial charge in [-0.1, -0.05) is 6.92 Å². The first kappa shape index (κ1) is 13.1. The Labute approximate surface area is 122 Å². The Bertz CT molecular complexity index is 366. The lowest BCUT2D eigenvalue weighted by atomic mass is 9.54. The quantitative estimate of drug-likeness (QED) is 0.858. The third-order valence-corrected chi connectivity index (χ3v) is 6.61. The molecule has 3 nitrogen and oxygen atoms in total. The second-order valence-corrected chi connectivity index (χ2v) is 7.75. The van der Waals surface area contributed by atoms with E-state index in [2.05, 4.69) is 17.1 Å². The molecule has 0 aromatic heterocycles. The van der Waals surface area contributed by atoms with Crippen molar-refractivity contribution in [2.45, 2.75) is 64.0 Å². The van der Waals surface area contributed by atoms with Crippen molar-refractivity contribution in [1.82, 2.24) is 10.2 Å². The lowest BCUT2D eigenvalue weighted by Gasteiger charge is -2.54. The smallest absolute Gasteiger partial charge is 0.237 e. The minimum atomic E-state index is 0.164. The Morgan fingerprint density at radius 1 is 1.10 bits per heavy atom. The molecule has 1 saturated heterocycles. The van der Waals surface area contributed by atoms with E-state index in [4.69, 9.17) is 0 Å². The number of amides is 1. The number of likely N-dealkylation sites (tertiary alicyclic amines) is 1. The van der Waals surface area contributed by atoms with Crippen molar-refractivity contribution >= 4 is 5.91 Å². The van der Waals surface area contributed by atoms with Gasteiger partial charge in [-0.3, -0.25) is 9.69 Å². The maximum absolute atomic E-state index is 12.7. The first-order valence-electron chi connectivity index (χ1n) is 8.79. The van der Waals surface area contributed by atoms with Crippen LogP contribution in [0.25, 0.3) is 0 Å². The molecule has 3 heteroatoms. The van der Waals surface area contributed by atoms with Crippen LogP contribution in [0.15, 0.2) is 0 Å². The van der Waals surface area contributed by atoms with Crippen molar-refractivity contribution in [3.05, 3.63) is 0 Å². The molecular weight excluding hydrogens is 248 g/mol. The van der Waals surface area contributed by atoms with E-state index in [0.717, 1.165) is 43.2 Å². The first-order chi connectivity index (χ1) is 9.74. The van der Waals surface area contributed by atoms with Crippen LogP contribution in [0, 0.1) is 23.7 Å². The number of likely N-dealkylation sites (N-methyl/N-ethyl adjacent to an activating group) is 1. The van der Waals surface area contributed by atoms with Gasteiger partial charge in [0, 0.05) is 6.04 Å². The number of rotatable bonds is 3. The van der Waals surface area contributed by atoms with Gasteiger partial charge < -0.3 is 5.32 Å². The van der Waals surface area contributed by atoms with Crippen molar-refractivity contribution < 1.29 is 4.79 Å². The summed E-state index contributed by atoms with van der Waals surface area (Å²) in [6, 6.07) is 0.673. The predicted molar refractivity (Wildman–Crippen MR) is 79.2 cm³/mol. The molecule has 0 aromatic carbocycles. The zero-order valence-electron chi connectivity index (χ0n) is 12.7. The van der Waals surface area contributed by atoms with E-state index in [1.165, 1.54) is 38.5 Å². The summed E-state index contributed by atoms with van der Waals surface area (Å²) in [6.07, 6.45) is 9.29. The summed E-state index contributed by atoms with van der Waals surface area (Å²) in [6.45, 7) is 4.30. The van der Waals surface area contributed by atoms with Gasteiger partial charge in [-0.2, -0.15) is 0 Å². The number of carbonyl (C=O) groups excluding carboxylic acids is 1. The van der Waals surface area contributed by atoms with Crippen LogP contribution in [-0.2, 0) is 4.79 Å². The average molecular weight is 276 g/mol. The van der Waals surface area contributed by atoms with Crippen LogP contribution < -0.4 is 5.32 Å². The Morgan fingerprint density at radius 2 is 1.75 bits per heavy atom. The largest absolute Gasteiger partial charge is 0.351 e. The minimum absolute atomic E-state index is 0.164. The van der Waals surface area contributed by atoms with Crippen molar-refractivity contribution in [2.24, 2.45) is 23.7 Å². The Balaban J connectivity index is 1.43. The van der Waals surface area contributed by atoms with Gasteiger partial charge in [-0.05, 0) is 81.7 Å². The zero-order chi connectivity index (χ0) is 13.7. The van der Waals surface area contributed by atoms with Crippen molar-refractivity contribution in [3.63, 3.8) is 0 Å². The van der Waals surface area contributed by atoms with Gasteiger partial charge in [0.2, 0.25) is 5.91 Å². The highest BCUT2D eigenvalue weighted by Crippen LogP contribution is 2.53. The van der Waals surface area contributed by atoms with Gasteiger partial charge in [0.25, 0.3) is 0 Å². The first-order valence-corrected chi connectivity index (χ1v) is 8.79. The molecule has 5 rings (SSSR count). The van der Waals surface area contributed by atoms with Crippen molar-refractivity contribution in [3.8, 4) is 0 Å². The third-order valence-electron chi connectivity index (χ3n) is 6.61. The number of hydrogen-bond donors (Lipinski definition) is 1. The van der Waals surface area contributed by atoms with E-state index in [1.807, 2.05) is 0 Å². The molecule has 1 aliphatic heterocycles. The predicted octanol–water partition coefficient (Wildman–Crippen LogP) is 2.41. The monoisotopic (exact) mass is 276 g/mol. The van der Waals surface area contributed by atoms with Gasteiger partial charge >= 0.3 is 0 Å². The molecule has 4 aliphatic carbocycles. The van der Waals surface area contributed by atoms with Crippen molar-refractivity contribution in [2.75, 3.05) is 13.1 Å². The number of carbonyl (C=O) groups is 1. The molecule has 4 saturated carbocycles. The molecule has 1 heterocycles. The maximum Gasteiger partial charge on any atom is 0.237 e. The molecule has 1 atom stereocenters. The summed E-state index contributed by atoms with van der Waals surface area (Å²) in [4.78, 5) is 15.0. The lowest BCUT2D eigenvalue weighted by molar-refractivity contribution is -0.129. The van der Waals surface area contributed by atoms with Gasteiger partial charge in [0.05, 0.1) is 6.04 Å². The molecule has 5 aliphatic rings. The molecule has 5 fully saturated rings. The van der Waals surface area contributed by atoms with Gasteiger partial charge in [0.1, 0.15) is 0 Å². The van der Waals surface area contributed by atoms with E-state index in [1.54, 1.807) is 0 Å². The fourth-order valence-corrected chi connectivity index (χ4v) is 5.92. The molecule has 0 aromatic rings.